The molecule has 2 heteroatoms. The molecule has 2 heterocycles. The average Bonchev–Trinajstić information content (AvgIpc) is 3.35. The van der Waals surface area contributed by atoms with Crippen molar-refractivity contribution >= 4 is 34.1 Å². The number of hydrogen-bond donors (Lipinski definition) is 0. The zero-order chi connectivity index (χ0) is 42.1. The predicted molar refractivity (Wildman–Crippen MR) is 267 cm³/mol. The number of benzene rings is 10. The third kappa shape index (κ3) is 7.28. The first-order valence-corrected chi connectivity index (χ1v) is 21.7. The number of rotatable bonds is 7. The van der Waals surface area contributed by atoms with Gasteiger partial charge >= 0.3 is 0 Å². The molecule has 0 spiro atoms. The van der Waals surface area contributed by atoms with Gasteiger partial charge in [0.1, 0.15) is 0 Å². The molecule has 4 bridgehead atoms. The van der Waals surface area contributed by atoms with Gasteiger partial charge in [0.15, 0.2) is 0 Å². The van der Waals surface area contributed by atoms with Gasteiger partial charge < -0.3 is 9.80 Å². The molecule has 0 saturated heterocycles. The molecule has 0 radical (unpaired) electrons. The molecule has 0 amide bonds. The number of anilines is 6. The molecule has 10 aromatic carbocycles. The summed E-state index contributed by atoms with van der Waals surface area (Å²) in [7, 11) is 0. The lowest BCUT2D eigenvalue weighted by Crippen LogP contribution is -2.14. The zero-order valence-electron chi connectivity index (χ0n) is 35.1. The summed E-state index contributed by atoms with van der Waals surface area (Å²) in [5, 5.41) is 0. The first kappa shape index (κ1) is 37.8. The summed E-state index contributed by atoms with van der Waals surface area (Å²) >= 11 is 0. The van der Waals surface area contributed by atoms with Crippen LogP contribution in [0.4, 0.5) is 34.1 Å². The van der Waals surface area contributed by atoms with Crippen molar-refractivity contribution in [2.24, 2.45) is 0 Å². The Morgan fingerprint density at radius 1 is 0.270 bits per heavy atom. The molecule has 298 valence electrons. The van der Waals surface area contributed by atoms with Crippen LogP contribution in [0, 0.1) is 6.92 Å². The summed E-state index contributed by atoms with van der Waals surface area (Å²) in [6.07, 6.45) is 0. The van der Waals surface area contributed by atoms with E-state index in [9.17, 15) is 0 Å². The van der Waals surface area contributed by atoms with Gasteiger partial charge in [-0.1, -0.05) is 169 Å². The Bertz CT molecular complexity index is 3120. The molecule has 63 heavy (non-hydrogen) atoms. The summed E-state index contributed by atoms with van der Waals surface area (Å²) in [6, 6.07) is 90.9. The van der Waals surface area contributed by atoms with Crippen molar-refractivity contribution in [2.45, 2.75) is 6.92 Å². The molecular formula is C61H44N2. The van der Waals surface area contributed by atoms with E-state index in [-0.39, 0.29) is 0 Å². The Labute approximate surface area is 370 Å². The molecule has 0 aliphatic carbocycles. The maximum Gasteiger partial charge on any atom is 0.0540 e. The molecule has 2 nitrogen and oxygen atoms in total. The van der Waals surface area contributed by atoms with Gasteiger partial charge in [0.05, 0.1) is 5.69 Å². The first-order chi connectivity index (χ1) is 31.1. The van der Waals surface area contributed by atoms with E-state index in [4.69, 9.17) is 0 Å². The van der Waals surface area contributed by atoms with Crippen LogP contribution < -0.4 is 9.80 Å². The largest absolute Gasteiger partial charge is 0.310 e. The Morgan fingerprint density at radius 2 is 0.762 bits per heavy atom. The van der Waals surface area contributed by atoms with Crippen LogP contribution in [0.5, 0.6) is 0 Å². The Balaban J connectivity index is 1.25. The third-order valence-electron chi connectivity index (χ3n) is 12.2. The van der Waals surface area contributed by atoms with Crippen LogP contribution >= 0.6 is 0 Å². The maximum absolute atomic E-state index is 2.44. The highest BCUT2D eigenvalue weighted by atomic mass is 15.2. The summed E-state index contributed by atoms with van der Waals surface area (Å²) in [4.78, 5) is 4.81. The summed E-state index contributed by atoms with van der Waals surface area (Å²) < 4.78 is 0. The first-order valence-electron chi connectivity index (χ1n) is 21.7. The molecule has 0 unspecified atom stereocenters. The van der Waals surface area contributed by atoms with E-state index < -0.39 is 0 Å². The fourth-order valence-corrected chi connectivity index (χ4v) is 9.22. The quantitative estimate of drug-likeness (QED) is 0.158. The van der Waals surface area contributed by atoms with E-state index in [0.717, 1.165) is 50.8 Å². The Morgan fingerprint density at radius 3 is 1.38 bits per heavy atom. The van der Waals surface area contributed by atoms with Crippen molar-refractivity contribution < 1.29 is 0 Å². The second-order valence-electron chi connectivity index (χ2n) is 16.3. The molecule has 12 rings (SSSR count). The topological polar surface area (TPSA) is 6.48 Å². The average molecular weight is 805 g/mol. The number of nitrogens with zero attached hydrogens (tertiary/aromatic N) is 2. The van der Waals surface area contributed by atoms with Crippen molar-refractivity contribution in [3.8, 4) is 66.8 Å². The fraction of sp³-hybridized carbons (Fsp3) is 0.0164. The highest BCUT2D eigenvalue weighted by Gasteiger charge is 2.25. The molecule has 2 aliphatic heterocycles. The van der Waals surface area contributed by atoms with Crippen molar-refractivity contribution in [2.75, 3.05) is 9.80 Å². The maximum atomic E-state index is 2.44. The van der Waals surface area contributed by atoms with Crippen molar-refractivity contribution in [3.63, 3.8) is 0 Å². The van der Waals surface area contributed by atoms with Crippen LogP contribution in [0.2, 0.25) is 0 Å². The Hall–Kier alpha value is -8.20. The minimum atomic E-state index is 1.07. The van der Waals surface area contributed by atoms with Gasteiger partial charge in [-0.05, 0) is 153 Å². The smallest absolute Gasteiger partial charge is 0.0540 e. The highest BCUT2D eigenvalue weighted by molar-refractivity contribution is 6.00. The number of hydrogen-bond acceptors (Lipinski definition) is 2. The van der Waals surface area contributed by atoms with E-state index in [1.165, 1.54) is 55.6 Å². The summed E-state index contributed by atoms with van der Waals surface area (Å²) in [5.74, 6) is 0. The SMILES string of the molecule is Cc1ccc2c(c1)-c1cc(N(c3ccccc3)c3ccccc3)cc(c1)N(c1ccccc1)c1ccccc1-c1ccc-2c(-c2cc(-c3ccccc3)cc(-c3ccccc3)c2)c1. The number of aryl methyl sites for hydroxylation is 1. The zero-order valence-corrected chi connectivity index (χ0v) is 35.1. The number of para-hydroxylation sites is 4. The van der Waals surface area contributed by atoms with Gasteiger partial charge in [0, 0.05) is 34.0 Å². The summed E-state index contributed by atoms with van der Waals surface area (Å²) in [5.41, 5.74) is 21.8. The minimum absolute atomic E-state index is 1.07. The van der Waals surface area contributed by atoms with E-state index >= 15 is 0 Å². The van der Waals surface area contributed by atoms with Crippen LogP contribution in [0.25, 0.3) is 66.8 Å². The lowest BCUT2D eigenvalue weighted by Gasteiger charge is -2.32. The normalized spacial score (nSPS) is 11.5. The van der Waals surface area contributed by atoms with Crippen LogP contribution in [0.15, 0.2) is 249 Å². The second kappa shape index (κ2) is 16.3. The molecule has 2 aliphatic rings. The van der Waals surface area contributed by atoms with Gasteiger partial charge in [-0.25, -0.2) is 0 Å². The van der Waals surface area contributed by atoms with Gasteiger partial charge in [-0.3, -0.25) is 0 Å². The van der Waals surface area contributed by atoms with E-state index in [2.05, 4.69) is 265 Å². The minimum Gasteiger partial charge on any atom is -0.310 e. The number of fused-ring (bicyclic) bond motifs is 2. The molecule has 0 saturated carbocycles. The highest BCUT2D eigenvalue weighted by Crippen LogP contribution is 2.50. The third-order valence-corrected chi connectivity index (χ3v) is 12.2. The predicted octanol–water partition coefficient (Wildman–Crippen LogP) is 17.3. The van der Waals surface area contributed by atoms with Crippen LogP contribution in [0.3, 0.4) is 0 Å². The van der Waals surface area contributed by atoms with E-state index in [1.807, 2.05) is 0 Å². The molecule has 0 atom stereocenters. The van der Waals surface area contributed by atoms with Crippen LogP contribution in [0.1, 0.15) is 5.56 Å². The fourth-order valence-electron chi connectivity index (χ4n) is 9.22. The van der Waals surface area contributed by atoms with Gasteiger partial charge in [-0.15, -0.1) is 0 Å². The summed E-state index contributed by atoms with van der Waals surface area (Å²) in [6.45, 7) is 2.20. The molecule has 0 aromatic heterocycles. The van der Waals surface area contributed by atoms with Crippen LogP contribution in [-0.4, -0.2) is 0 Å². The molecular weight excluding hydrogens is 761 g/mol. The van der Waals surface area contributed by atoms with Crippen molar-refractivity contribution in [3.05, 3.63) is 254 Å². The lowest BCUT2D eigenvalue weighted by molar-refractivity contribution is 1.25. The van der Waals surface area contributed by atoms with Crippen LogP contribution in [-0.2, 0) is 0 Å². The second-order valence-corrected chi connectivity index (χ2v) is 16.3. The lowest BCUT2D eigenvalue weighted by atomic mass is 9.84. The van der Waals surface area contributed by atoms with Crippen molar-refractivity contribution in [1.82, 2.24) is 0 Å². The molecule has 0 N–H and O–H groups in total. The van der Waals surface area contributed by atoms with Gasteiger partial charge in [0.25, 0.3) is 0 Å². The van der Waals surface area contributed by atoms with E-state index in [0.29, 0.717) is 0 Å². The molecule has 0 fully saturated rings. The molecule has 10 aromatic rings. The van der Waals surface area contributed by atoms with Crippen molar-refractivity contribution in [1.29, 1.82) is 0 Å². The van der Waals surface area contributed by atoms with E-state index in [1.54, 1.807) is 0 Å². The Kier molecular flexibility index (Phi) is 9.80. The monoisotopic (exact) mass is 804 g/mol. The van der Waals surface area contributed by atoms with Gasteiger partial charge in [-0.2, -0.15) is 0 Å². The standard InChI is InChI=1S/C61H44N2/c1-43-31-33-57-58-34-32-46(41-60(58)49-37-47(44-19-7-2-8-20-44)36-48(38-49)45-21-9-3-10-22-45)56-29-17-18-30-61(56)63(53-27-15-6-16-28-53)55-40-50(59(57)35-43)39-54(42-55)62(51-23-11-4-12-24-51)52-25-13-5-14-26-52/h2-42H,1H3. The van der Waals surface area contributed by atoms with Gasteiger partial charge in [0.2, 0.25) is 0 Å².